The van der Waals surface area contributed by atoms with Gasteiger partial charge in [0.15, 0.2) is 0 Å². The Morgan fingerprint density at radius 2 is 2.29 bits per heavy atom. The number of nitriles is 1. The zero-order chi connectivity index (χ0) is 12.4. The number of rotatable bonds is 3. The van der Waals surface area contributed by atoms with Crippen LogP contribution in [0.3, 0.4) is 0 Å². The summed E-state index contributed by atoms with van der Waals surface area (Å²) in [5.41, 5.74) is 2.48. The smallest absolute Gasteiger partial charge is 0.109 e. The number of benzene rings is 1. The lowest BCUT2D eigenvalue weighted by molar-refractivity contribution is 0.184. The lowest BCUT2D eigenvalue weighted by Crippen LogP contribution is -2.05. The van der Waals surface area contributed by atoms with E-state index in [0.717, 1.165) is 23.3 Å². The molecule has 88 valence electrons. The van der Waals surface area contributed by atoms with E-state index < -0.39 is 0 Å². The van der Waals surface area contributed by atoms with Crippen LogP contribution in [0.1, 0.15) is 24.7 Å². The number of nitrogens with zero attached hydrogens (tertiary/aromatic N) is 3. The summed E-state index contributed by atoms with van der Waals surface area (Å²) in [6, 6.07) is 7.61. The normalized spacial score (nSPS) is 12.6. The van der Waals surface area contributed by atoms with Crippen molar-refractivity contribution in [1.82, 2.24) is 9.55 Å². The van der Waals surface area contributed by atoms with E-state index >= 15 is 0 Å². The summed E-state index contributed by atoms with van der Waals surface area (Å²) >= 11 is 0. The molecule has 0 aliphatic heterocycles. The number of hydrogen-bond donors (Lipinski definition) is 1. The number of aliphatic hydroxyl groups excluding tert-OH is 1. The van der Waals surface area contributed by atoms with Gasteiger partial charge >= 0.3 is 0 Å². The first-order chi connectivity index (χ1) is 8.11. The number of fused-ring (bicyclic) bond motifs is 1. The van der Waals surface area contributed by atoms with Crippen LogP contribution in [-0.2, 0) is 13.5 Å². The molecule has 0 aliphatic rings. The molecule has 0 bridgehead atoms. The first-order valence-electron chi connectivity index (χ1n) is 5.65. The fourth-order valence-corrected chi connectivity index (χ4v) is 1.88. The van der Waals surface area contributed by atoms with E-state index in [9.17, 15) is 5.11 Å². The third-order valence-corrected chi connectivity index (χ3v) is 2.89. The molecule has 1 atom stereocenters. The third kappa shape index (κ3) is 2.29. The molecule has 2 aromatic rings. The van der Waals surface area contributed by atoms with Gasteiger partial charge in [-0.1, -0.05) is 0 Å². The summed E-state index contributed by atoms with van der Waals surface area (Å²) in [7, 11) is 1.96. The van der Waals surface area contributed by atoms with Gasteiger partial charge in [0.2, 0.25) is 0 Å². The SMILES string of the molecule is CC(O)CCc1nc2cc(C#N)ccc2n1C. The van der Waals surface area contributed by atoms with Gasteiger partial charge < -0.3 is 9.67 Å². The van der Waals surface area contributed by atoms with Crippen LogP contribution in [0.2, 0.25) is 0 Å². The van der Waals surface area contributed by atoms with Gasteiger partial charge in [-0.2, -0.15) is 5.26 Å². The summed E-state index contributed by atoms with van der Waals surface area (Å²) in [4.78, 5) is 4.49. The number of hydrogen-bond acceptors (Lipinski definition) is 3. The van der Waals surface area contributed by atoms with E-state index in [4.69, 9.17) is 5.26 Å². The quantitative estimate of drug-likeness (QED) is 0.872. The zero-order valence-corrected chi connectivity index (χ0v) is 10.0. The van der Waals surface area contributed by atoms with Crippen molar-refractivity contribution in [2.75, 3.05) is 0 Å². The van der Waals surface area contributed by atoms with Gasteiger partial charge in [-0.3, -0.25) is 0 Å². The molecule has 1 unspecified atom stereocenters. The maximum Gasteiger partial charge on any atom is 0.109 e. The average molecular weight is 229 g/mol. The third-order valence-electron chi connectivity index (χ3n) is 2.89. The minimum atomic E-state index is -0.315. The fourth-order valence-electron chi connectivity index (χ4n) is 1.88. The average Bonchev–Trinajstić information content (AvgIpc) is 2.63. The Balaban J connectivity index is 2.39. The van der Waals surface area contributed by atoms with Gasteiger partial charge in [-0.25, -0.2) is 4.98 Å². The molecule has 0 radical (unpaired) electrons. The largest absolute Gasteiger partial charge is 0.393 e. The van der Waals surface area contributed by atoms with Gasteiger partial charge in [0, 0.05) is 13.5 Å². The van der Waals surface area contributed by atoms with E-state index in [2.05, 4.69) is 11.1 Å². The second-order valence-corrected chi connectivity index (χ2v) is 4.29. The Hall–Kier alpha value is -1.86. The highest BCUT2D eigenvalue weighted by atomic mass is 16.3. The van der Waals surface area contributed by atoms with Crippen molar-refractivity contribution in [1.29, 1.82) is 5.26 Å². The summed E-state index contributed by atoms with van der Waals surface area (Å²) in [5, 5.41) is 18.1. The highest BCUT2D eigenvalue weighted by molar-refractivity contribution is 5.77. The number of aryl methyl sites for hydroxylation is 2. The first kappa shape index (κ1) is 11.6. The van der Waals surface area contributed by atoms with Gasteiger partial charge in [-0.05, 0) is 31.5 Å². The van der Waals surface area contributed by atoms with Crippen molar-refractivity contribution in [3.8, 4) is 6.07 Å². The molecule has 0 saturated carbocycles. The predicted molar refractivity (Wildman–Crippen MR) is 65.4 cm³/mol. The fraction of sp³-hybridized carbons (Fsp3) is 0.385. The summed E-state index contributed by atoms with van der Waals surface area (Å²) < 4.78 is 2.01. The molecule has 17 heavy (non-hydrogen) atoms. The van der Waals surface area contributed by atoms with E-state index in [-0.39, 0.29) is 6.10 Å². The predicted octanol–water partition coefficient (Wildman–Crippen LogP) is 1.76. The maximum absolute atomic E-state index is 9.28. The second-order valence-electron chi connectivity index (χ2n) is 4.29. The molecule has 2 rings (SSSR count). The monoisotopic (exact) mass is 229 g/mol. The van der Waals surface area contributed by atoms with Crippen molar-refractivity contribution in [2.24, 2.45) is 7.05 Å². The van der Waals surface area contributed by atoms with Crippen LogP contribution in [0.15, 0.2) is 18.2 Å². The number of aromatic nitrogens is 2. The van der Waals surface area contributed by atoms with E-state index in [1.54, 1.807) is 19.1 Å². The van der Waals surface area contributed by atoms with Crippen LogP contribution in [0.4, 0.5) is 0 Å². The Labute approximate surface area is 100 Å². The molecule has 0 amide bonds. The molecule has 4 nitrogen and oxygen atoms in total. The second kappa shape index (κ2) is 4.56. The Morgan fingerprint density at radius 3 is 2.94 bits per heavy atom. The van der Waals surface area contributed by atoms with Crippen LogP contribution >= 0.6 is 0 Å². The molecule has 0 saturated heterocycles. The highest BCUT2D eigenvalue weighted by Crippen LogP contribution is 2.17. The number of aliphatic hydroxyl groups is 1. The molecular weight excluding hydrogens is 214 g/mol. The molecular formula is C13H15N3O. The van der Waals surface area contributed by atoms with Crippen LogP contribution < -0.4 is 0 Å². The van der Waals surface area contributed by atoms with E-state index in [0.29, 0.717) is 12.0 Å². The van der Waals surface area contributed by atoms with Crippen molar-refractivity contribution >= 4 is 11.0 Å². The van der Waals surface area contributed by atoms with Gasteiger partial charge in [0.25, 0.3) is 0 Å². The minimum Gasteiger partial charge on any atom is -0.393 e. The number of imidazole rings is 1. The Morgan fingerprint density at radius 1 is 1.53 bits per heavy atom. The van der Waals surface area contributed by atoms with Crippen LogP contribution in [0.5, 0.6) is 0 Å². The summed E-state index contributed by atoms with van der Waals surface area (Å²) in [6.07, 6.45) is 1.12. The van der Waals surface area contributed by atoms with Crippen molar-refractivity contribution in [3.63, 3.8) is 0 Å². The molecule has 1 heterocycles. The van der Waals surface area contributed by atoms with Crippen LogP contribution in [-0.4, -0.2) is 20.8 Å². The minimum absolute atomic E-state index is 0.315. The molecule has 1 N–H and O–H groups in total. The molecule has 0 spiro atoms. The van der Waals surface area contributed by atoms with Crippen LogP contribution in [0.25, 0.3) is 11.0 Å². The Bertz CT molecular complexity index is 578. The molecule has 0 aliphatic carbocycles. The Kier molecular flexibility index (Phi) is 3.12. The zero-order valence-electron chi connectivity index (χ0n) is 10.0. The standard InChI is InChI=1S/C13H15N3O/c1-9(17)3-6-13-15-11-7-10(8-14)4-5-12(11)16(13)2/h4-5,7,9,17H,3,6H2,1-2H3. The van der Waals surface area contributed by atoms with Crippen molar-refractivity contribution < 1.29 is 5.11 Å². The van der Waals surface area contributed by atoms with Gasteiger partial charge in [0.1, 0.15) is 5.82 Å². The first-order valence-corrected chi connectivity index (χ1v) is 5.65. The van der Waals surface area contributed by atoms with Gasteiger partial charge in [-0.15, -0.1) is 0 Å². The van der Waals surface area contributed by atoms with Crippen molar-refractivity contribution in [3.05, 3.63) is 29.6 Å². The molecule has 0 fully saturated rings. The molecule has 4 heteroatoms. The topological polar surface area (TPSA) is 61.8 Å². The maximum atomic E-state index is 9.28. The molecule has 1 aromatic heterocycles. The highest BCUT2D eigenvalue weighted by Gasteiger charge is 2.09. The van der Waals surface area contributed by atoms with E-state index in [1.165, 1.54) is 0 Å². The van der Waals surface area contributed by atoms with Crippen molar-refractivity contribution in [2.45, 2.75) is 25.9 Å². The van der Waals surface area contributed by atoms with Gasteiger partial charge in [0.05, 0.1) is 28.8 Å². The van der Waals surface area contributed by atoms with Crippen LogP contribution in [0, 0.1) is 11.3 Å². The lowest BCUT2D eigenvalue weighted by atomic mass is 10.2. The summed E-state index contributed by atoms with van der Waals surface area (Å²) in [6.45, 7) is 1.77. The van der Waals surface area contributed by atoms with E-state index in [1.807, 2.05) is 17.7 Å². The lowest BCUT2D eigenvalue weighted by Gasteiger charge is -2.04. The molecule has 1 aromatic carbocycles. The summed E-state index contributed by atoms with van der Waals surface area (Å²) in [5.74, 6) is 0.941.